The van der Waals surface area contributed by atoms with Gasteiger partial charge in [0.2, 0.25) is 15.9 Å². The first kappa shape index (κ1) is 18.3. The van der Waals surface area contributed by atoms with Crippen molar-refractivity contribution in [3.63, 3.8) is 0 Å². The third kappa shape index (κ3) is 4.70. The first-order chi connectivity index (χ1) is 11.3. The van der Waals surface area contributed by atoms with Gasteiger partial charge in [0.1, 0.15) is 6.54 Å². The molecule has 1 aliphatic carbocycles. The van der Waals surface area contributed by atoms with Crippen molar-refractivity contribution in [2.75, 3.05) is 24.2 Å². The van der Waals surface area contributed by atoms with E-state index in [-0.39, 0.29) is 18.5 Å². The zero-order valence-electron chi connectivity index (χ0n) is 13.8. The molecule has 1 aromatic rings. The van der Waals surface area contributed by atoms with Gasteiger partial charge in [0.25, 0.3) is 0 Å². The summed E-state index contributed by atoms with van der Waals surface area (Å²) in [6, 6.07) is 6.02. The number of benzene rings is 1. The number of esters is 1. The Morgan fingerprint density at radius 1 is 1.21 bits per heavy atom. The molecule has 132 valence electrons. The molecule has 7 nitrogen and oxygen atoms in total. The molecule has 1 fully saturated rings. The predicted molar refractivity (Wildman–Crippen MR) is 90.4 cm³/mol. The van der Waals surface area contributed by atoms with Gasteiger partial charge in [-0.2, -0.15) is 0 Å². The normalized spacial score (nSPS) is 15.1. The molecule has 0 radical (unpaired) electrons. The van der Waals surface area contributed by atoms with Gasteiger partial charge in [0, 0.05) is 6.04 Å². The van der Waals surface area contributed by atoms with E-state index in [1.807, 2.05) is 0 Å². The fourth-order valence-electron chi connectivity index (χ4n) is 2.76. The lowest BCUT2D eigenvalue weighted by Crippen LogP contribution is -2.43. The third-order valence-electron chi connectivity index (χ3n) is 3.98. The van der Waals surface area contributed by atoms with Gasteiger partial charge in [0.05, 0.1) is 24.6 Å². The average molecular weight is 354 g/mol. The molecule has 0 aliphatic heterocycles. The van der Waals surface area contributed by atoms with Crippen LogP contribution in [0.5, 0.6) is 0 Å². The molecule has 1 aliphatic rings. The summed E-state index contributed by atoms with van der Waals surface area (Å²) in [7, 11) is -2.36. The van der Waals surface area contributed by atoms with Crippen molar-refractivity contribution in [3.05, 3.63) is 29.8 Å². The maximum Gasteiger partial charge on any atom is 0.337 e. The number of methoxy groups -OCH3 is 1. The van der Waals surface area contributed by atoms with Crippen molar-refractivity contribution >= 4 is 27.6 Å². The van der Waals surface area contributed by atoms with E-state index in [4.69, 9.17) is 0 Å². The van der Waals surface area contributed by atoms with Crippen LogP contribution in [0.2, 0.25) is 0 Å². The van der Waals surface area contributed by atoms with Crippen LogP contribution in [0.25, 0.3) is 0 Å². The summed E-state index contributed by atoms with van der Waals surface area (Å²) in [5.74, 6) is -0.837. The second-order valence-corrected chi connectivity index (χ2v) is 7.76. The Kier molecular flexibility index (Phi) is 5.82. The summed E-state index contributed by atoms with van der Waals surface area (Å²) < 4.78 is 29.7. The van der Waals surface area contributed by atoms with Crippen molar-refractivity contribution < 1.29 is 22.7 Å². The molecule has 0 bridgehead atoms. The van der Waals surface area contributed by atoms with E-state index in [0.717, 1.165) is 36.2 Å². The first-order valence-corrected chi connectivity index (χ1v) is 9.61. The van der Waals surface area contributed by atoms with Gasteiger partial charge < -0.3 is 10.1 Å². The van der Waals surface area contributed by atoms with Gasteiger partial charge in [-0.25, -0.2) is 13.2 Å². The van der Waals surface area contributed by atoms with E-state index >= 15 is 0 Å². The summed E-state index contributed by atoms with van der Waals surface area (Å²) in [5, 5.41) is 2.87. The van der Waals surface area contributed by atoms with Gasteiger partial charge in [-0.3, -0.25) is 9.10 Å². The molecule has 0 unspecified atom stereocenters. The Labute approximate surface area is 142 Å². The summed E-state index contributed by atoms with van der Waals surface area (Å²) in [6.07, 6.45) is 5.06. The molecule has 1 saturated carbocycles. The van der Waals surface area contributed by atoms with Crippen molar-refractivity contribution in [1.29, 1.82) is 0 Å². The maximum absolute atomic E-state index is 12.2. The fourth-order valence-corrected chi connectivity index (χ4v) is 3.61. The van der Waals surface area contributed by atoms with E-state index in [9.17, 15) is 18.0 Å². The second-order valence-electron chi connectivity index (χ2n) is 5.86. The molecular formula is C16H22N2O5S. The number of carbonyl (C=O) groups excluding carboxylic acids is 2. The van der Waals surface area contributed by atoms with E-state index in [2.05, 4.69) is 10.1 Å². The van der Waals surface area contributed by atoms with Crippen LogP contribution in [-0.2, 0) is 19.6 Å². The van der Waals surface area contributed by atoms with Crippen molar-refractivity contribution in [1.82, 2.24) is 5.32 Å². The number of hydrogen-bond acceptors (Lipinski definition) is 5. The van der Waals surface area contributed by atoms with Crippen LogP contribution < -0.4 is 9.62 Å². The molecule has 24 heavy (non-hydrogen) atoms. The lowest BCUT2D eigenvalue weighted by atomic mass is 10.2. The second kappa shape index (κ2) is 7.65. The summed E-state index contributed by atoms with van der Waals surface area (Å²) in [5.41, 5.74) is 0.636. The number of nitrogens with one attached hydrogen (secondary N) is 1. The number of rotatable bonds is 6. The Morgan fingerprint density at radius 2 is 1.79 bits per heavy atom. The molecule has 0 heterocycles. The first-order valence-electron chi connectivity index (χ1n) is 7.76. The summed E-state index contributed by atoms with van der Waals surface area (Å²) in [6.45, 7) is -0.285. The number of nitrogens with zero attached hydrogens (tertiary/aromatic N) is 1. The SMILES string of the molecule is COC(=O)c1ccc(N(CC(=O)NC2CCCC2)S(C)(=O)=O)cc1. The lowest BCUT2D eigenvalue weighted by Gasteiger charge is -2.23. The largest absolute Gasteiger partial charge is 0.465 e. The molecule has 1 amide bonds. The quantitative estimate of drug-likeness (QED) is 0.777. The standard InChI is InChI=1S/C16H22N2O5S/c1-23-16(20)12-7-9-14(10-8-12)18(24(2,21)22)11-15(19)17-13-5-3-4-6-13/h7-10,13H,3-6,11H2,1-2H3,(H,17,19). The Bertz CT molecular complexity index is 694. The highest BCUT2D eigenvalue weighted by molar-refractivity contribution is 7.92. The highest BCUT2D eigenvalue weighted by atomic mass is 32.2. The van der Waals surface area contributed by atoms with Crippen LogP contribution in [0.3, 0.4) is 0 Å². The van der Waals surface area contributed by atoms with E-state index in [0.29, 0.717) is 11.3 Å². The number of anilines is 1. The van der Waals surface area contributed by atoms with Crippen LogP contribution in [0.15, 0.2) is 24.3 Å². The average Bonchev–Trinajstić information content (AvgIpc) is 3.04. The molecular weight excluding hydrogens is 332 g/mol. The molecule has 0 saturated heterocycles. The van der Waals surface area contributed by atoms with Gasteiger partial charge >= 0.3 is 5.97 Å². The summed E-state index contributed by atoms with van der Waals surface area (Å²) >= 11 is 0. The predicted octanol–water partition coefficient (Wildman–Crippen LogP) is 1.30. The molecule has 2 rings (SSSR count). The third-order valence-corrected chi connectivity index (χ3v) is 5.12. The highest BCUT2D eigenvalue weighted by Crippen LogP contribution is 2.20. The monoisotopic (exact) mass is 354 g/mol. The van der Waals surface area contributed by atoms with E-state index in [1.165, 1.54) is 31.4 Å². The minimum absolute atomic E-state index is 0.126. The van der Waals surface area contributed by atoms with Gasteiger partial charge in [-0.15, -0.1) is 0 Å². The zero-order valence-corrected chi connectivity index (χ0v) is 14.6. The molecule has 0 spiro atoms. The lowest BCUT2D eigenvalue weighted by molar-refractivity contribution is -0.120. The number of carbonyl (C=O) groups is 2. The maximum atomic E-state index is 12.2. The van der Waals surface area contributed by atoms with Gasteiger partial charge in [0.15, 0.2) is 0 Å². The van der Waals surface area contributed by atoms with Crippen LogP contribution in [0.4, 0.5) is 5.69 Å². The molecule has 0 atom stereocenters. The van der Waals surface area contributed by atoms with E-state index < -0.39 is 16.0 Å². The van der Waals surface area contributed by atoms with Crippen LogP contribution >= 0.6 is 0 Å². The van der Waals surface area contributed by atoms with Crippen molar-refractivity contribution in [2.24, 2.45) is 0 Å². The smallest absolute Gasteiger partial charge is 0.337 e. The molecule has 8 heteroatoms. The zero-order chi connectivity index (χ0) is 17.7. The van der Waals surface area contributed by atoms with Crippen LogP contribution in [0.1, 0.15) is 36.0 Å². The number of sulfonamides is 1. The Hall–Kier alpha value is -2.09. The minimum atomic E-state index is -3.63. The number of amides is 1. The van der Waals surface area contributed by atoms with Gasteiger partial charge in [-0.1, -0.05) is 12.8 Å². The topological polar surface area (TPSA) is 92.8 Å². The number of ether oxygens (including phenoxy) is 1. The van der Waals surface area contributed by atoms with Crippen LogP contribution in [-0.4, -0.2) is 46.2 Å². The van der Waals surface area contributed by atoms with Gasteiger partial charge in [-0.05, 0) is 37.1 Å². The van der Waals surface area contributed by atoms with Crippen molar-refractivity contribution in [3.8, 4) is 0 Å². The molecule has 1 aromatic carbocycles. The minimum Gasteiger partial charge on any atom is -0.465 e. The van der Waals surface area contributed by atoms with Crippen molar-refractivity contribution in [2.45, 2.75) is 31.7 Å². The number of hydrogen-bond donors (Lipinski definition) is 1. The Morgan fingerprint density at radius 3 is 2.29 bits per heavy atom. The fraction of sp³-hybridized carbons (Fsp3) is 0.500. The summed E-state index contributed by atoms with van der Waals surface area (Å²) in [4.78, 5) is 23.6. The molecule has 0 aromatic heterocycles. The van der Waals surface area contributed by atoms with Crippen LogP contribution in [0, 0.1) is 0 Å². The molecule has 1 N–H and O–H groups in total. The van der Waals surface area contributed by atoms with E-state index in [1.54, 1.807) is 0 Å². The highest BCUT2D eigenvalue weighted by Gasteiger charge is 2.23. The Balaban J connectivity index is 2.13.